The minimum Gasteiger partial charge on any atom is -0.397 e. The maximum atomic E-state index is 5.92. The molecular weight excluding hydrogens is 212 g/mol. The van der Waals surface area contributed by atoms with Crippen LogP contribution in [0.4, 0.5) is 22.7 Å². The molecule has 0 aliphatic carbocycles. The van der Waals surface area contributed by atoms with E-state index in [1.165, 1.54) is 0 Å². The lowest BCUT2D eigenvalue weighted by atomic mass is 10.0. The number of nitrogens with two attached hydrogens (primary N) is 3. The fourth-order valence-corrected chi connectivity index (χ4v) is 1.72. The molecule has 0 fully saturated rings. The zero-order valence-electron chi connectivity index (χ0n) is 9.70. The molecule has 17 heavy (non-hydrogen) atoms. The topological polar surface area (TPSA) is 90.1 Å². The van der Waals surface area contributed by atoms with Crippen LogP contribution in [0, 0.1) is 0 Å². The number of nitrogens with one attached hydrogen (secondary N) is 1. The monoisotopic (exact) mass is 228 g/mol. The minimum atomic E-state index is 0.582. The molecular formula is C13H16N4. The number of hydrogen-bond acceptors (Lipinski definition) is 4. The SMILES string of the molecule is CNc1ccc(-c2ccc(N)c(N)c2)cc1N. The molecule has 4 nitrogen and oxygen atoms in total. The van der Waals surface area contributed by atoms with Gasteiger partial charge in [0.2, 0.25) is 0 Å². The Morgan fingerprint density at radius 1 is 0.765 bits per heavy atom. The number of benzene rings is 2. The molecule has 0 aliphatic heterocycles. The van der Waals surface area contributed by atoms with E-state index in [1.807, 2.05) is 37.4 Å². The summed E-state index contributed by atoms with van der Waals surface area (Å²) in [7, 11) is 1.84. The van der Waals surface area contributed by atoms with Gasteiger partial charge in [-0.3, -0.25) is 0 Å². The predicted molar refractivity (Wildman–Crippen MR) is 74.7 cm³/mol. The molecule has 0 heterocycles. The van der Waals surface area contributed by atoms with Gasteiger partial charge in [0.15, 0.2) is 0 Å². The van der Waals surface area contributed by atoms with E-state index in [0.717, 1.165) is 16.8 Å². The van der Waals surface area contributed by atoms with Crippen molar-refractivity contribution in [2.24, 2.45) is 0 Å². The maximum Gasteiger partial charge on any atom is 0.0571 e. The molecule has 0 bridgehead atoms. The highest BCUT2D eigenvalue weighted by Crippen LogP contribution is 2.29. The highest BCUT2D eigenvalue weighted by molar-refractivity contribution is 5.79. The predicted octanol–water partition coefficient (Wildman–Crippen LogP) is 2.14. The minimum absolute atomic E-state index is 0.582. The van der Waals surface area contributed by atoms with Crippen LogP contribution in [0.1, 0.15) is 0 Å². The number of nitrogen functional groups attached to an aromatic ring is 3. The van der Waals surface area contributed by atoms with Gasteiger partial charge < -0.3 is 22.5 Å². The van der Waals surface area contributed by atoms with Crippen molar-refractivity contribution in [1.29, 1.82) is 0 Å². The molecule has 0 unspecified atom stereocenters. The van der Waals surface area contributed by atoms with E-state index in [-0.39, 0.29) is 0 Å². The van der Waals surface area contributed by atoms with Crippen LogP contribution < -0.4 is 22.5 Å². The molecule has 0 aliphatic rings. The first-order chi connectivity index (χ1) is 8.11. The van der Waals surface area contributed by atoms with Gasteiger partial charge in [-0.2, -0.15) is 0 Å². The van der Waals surface area contributed by atoms with Crippen molar-refractivity contribution < 1.29 is 0 Å². The second-order valence-electron chi connectivity index (χ2n) is 3.90. The summed E-state index contributed by atoms with van der Waals surface area (Å²) in [6, 6.07) is 11.4. The van der Waals surface area contributed by atoms with Crippen LogP contribution in [0.15, 0.2) is 36.4 Å². The molecule has 4 heteroatoms. The van der Waals surface area contributed by atoms with Crippen molar-refractivity contribution in [3.63, 3.8) is 0 Å². The van der Waals surface area contributed by atoms with Crippen LogP contribution in [0.25, 0.3) is 11.1 Å². The Kier molecular flexibility index (Phi) is 2.78. The third kappa shape index (κ3) is 2.10. The van der Waals surface area contributed by atoms with E-state index in [4.69, 9.17) is 17.2 Å². The largest absolute Gasteiger partial charge is 0.397 e. The summed E-state index contributed by atoms with van der Waals surface area (Å²) in [6.07, 6.45) is 0. The normalized spacial score (nSPS) is 10.2. The van der Waals surface area contributed by atoms with Gasteiger partial charge in [-0.15, -0.1) is 0 Å². The van der Waals surface area contributed by atoms with Gasteiger partial charge in [-0.25, -0.2) is 0 Å². The third-order valence-corrected chi connectivity index (χ3v) is 2.74. The molecule has 7 N–H and O–H groups in total. The number of hydrogen-bond donors (Lipinski definition) is 4. The van der Waals surface area contributed by atoms with Crippen LogP contribution >= 0.6 is 0 Å². The Balaban J connectivity index is 2.46. The van der Waals surface area contributed by atoms with E-state index in [2.05, 4.69) is 5.32 Å². The van der Waals surface area contributed by atoms with Crippen LogP contribution in [0.5, 0.6) is 0 Å². The molecule has 2 rings (SSSR count). The average molecular weight is 228 g/mol. The Bertz CT molecular complexity index is 549. The van der Waals surface area contributed by atoms with Crippen molar-refractivity contribution in [1.82, 2.24) is 0 Å². The highest BCUT2D eigenvalue weighted by atomic mass is 14.8. The molecule has 0 spiro atoms. The molecule has 0 radical (unpaired) electrons. The fraction of sp³-hybridized carbons (Fsp3) is 0.0769. The Morgan fingerprint density at radius 3 is 1.88 bits per heavy atom. The van der Waals surface area contributed by atoms with Gasteiger partial charge in [0, 0.05) is 7.05 Å². The molecule has 0 saturated carbocycles. The van der Waals surface area contributed by atoms with Crippen molar-refractivity contribution >= 4 is 22.7 Å². The first-order valence-electron chi connectivity index (χ1n) is 5.34. The summed E-state index contributed by atoms with van der Waals surface area (Å²) in [6.45, 7) is 0. The molecule has 0 aromatic heterocycles. The van der Waals surface area contributed by atoms with Crippen molar-refractivity contribution in [3.05, 3.63) is 36.4 Å². The summed E-state index contributed by atoms with van der Waals surface area (Å²) < 4.78 is 0. The second kappa shape index (κ2) is 4.25. The van der Waals surface area contributed by atoms with Crippen LogP contribution in [0.3, 0.4) is 0 Å². The zero-order chi connectivity index (χ0) is 12.4. The van der Waals surface area contributed by atoms with Gasteiger partial charge in [-0.1, -0.05) is 12.1 Å². The third-order valence-electron chi connectivity index (χ3n) is 2.74. The first kappa shape index (κ1) is 11.1. The lowest BCUT2D eigenvalue weighted by molar-refractivity contribution is 1.50. The molecule has 88 valence electrons. The van der Waals surface area contributed by atoms with Crippen molar-refractivity contribution in [2.45, 2.75) is 0 Å². The smallest absolute Gasteiger partial charge is 0.0571 e. The molecule has 2 aromatic rings. The van der Waals surface area contributed by atoms with Gasteiger partial charge in [0.05, 0.1) is 22.7 Å². The first-order valence-corrected chi connectivity index (χ1v) is 5.34. The summed E-state index contributed by atoms with van der Waals surface area (Å²) in [5.74, 6) is 0. The van der Waals surface area contributed by atoms with E-state index < -0.39 is 0 Å². The lowest BCUT2D eigenvalue weighted by Gasteiger charge is -2.09. The molecule has 0 atom stereocenters. The van der Waals surface area contributed by atoms with Gasteiger partial charge in [-0.05, 0) is 35.4 Å². The average Bonchev–Trinajstić information content (AvgIpc) is 2.32. The summed E-state index contributed by atoms with van der Waals surface area (Å²) >= 11 is 0. The summed E-state index contributed by atoms with van der Waals surface area (Å²) in [4.78, 5) is 0. The number of rotatable bonds is 2. The van der Waals surface area contributed by atoms with Crippen LogP contribution in [-0.2, 0) is 0 Å². The van der Waals surface area contributed by atoms with Crippen LogP contribution in [0.2, 0.25) is 0 Å². The molecule has 0 amide bonds. The van der Waals surface area contributed by atoms with E-state index in [0.29, 0.717) is 17.1 Å². The molecule has 0 saturated heterocycles. The van der Waals surface area contributed by atoms with E-state index in [1.54, 1.807) is 6.07 Å². The lowest BCUT2D eigenvalue weighted by Crippen LogP contribution is -1.97. The van der Waals surface area contributed by atoms with Crippen molar-refractivity contribution in [2.75, 3.05) is 29.6 Å². The highest BCUT2D eigenvalue weighted by Gasteiger charge is 2.03. The van der Waals surface area contributed by atoms with Gasteiger partial charge in [0.1, 0.15) is 0 Å². The number of anilines is 4. The zero-order valence-corrected chi connectivity index (χ0v) is 9.70. The fourth-order valence-electron chi connectivity index (χ4n) is 1.72. The standard InChI is InChI=1S/C13H16N4/c1-17-13-5-3-9(7-12(13)16)8-2-4-10(14)11(15)6-8/h2-7,17H,14-16H2,1H3. The Morgan fingerprint density at radius 2 is 1.35 bits per heavy atom. The van der Waals surface area contributed by atoms with Crippen molar-refractivity contribution in [3.8, 4) is 11.1 Å². The van der Waals surface area contributed by atoms with Gasteiger partial charge in [0.25, 0.3) is 0 Å². The molecule has 2 aromatic carbocycles. The van der Waals surface area contributed by atoms with E-state index >= 15 is 0 Å². The Labute approximate surface area is 100 Å². The summed E-state index contributed by atoms with van der Waals surface area (Å²) in [5.41, 5.74) is 22.2. The van der Waals surface area contributed by atoms with Crippen LogP contribution in [-0.4, -0.2) is 7.05 Å². The quantitative estimate of drug-likeness (QED) is 0.593. The second-order valence-corrected chi connectivity index (χ2v) is 3.90. The van der Waals surface area contributed by atoms with Gasteiger partial charge >= 0.3 is 0 Å². The Hall–Kier alpha value is -2.36. The van der Waals surface area contributed by atoms with E-state index in [9.17, 15) is 0 Å². The maximum absolute atomic E-state index is 5.92. The summed E-state index contributed by atoms with van der Waals surface area (Å²) in [5, 5.41) is 3.02.